The summed E-state index contributed by atoms with van der Waals surface area (Å²) in [5, 5.41) is 21.4. The van der Waals surface area contributed by atoms with Crippen molar-refractivity contribution in [2.24, 2.45) is 22.7 Å². The Kier molecular flexibility index (Phi) is 4.61. The first kappa shape index (κ1) is 18.0. The first-order valence-corrected chi connectivity index (χ1v) is 9.03. The lowest BCUT2D eigenvalue weighted by Gasteiger charge is -2.61. The normalized spacial score (nSPS) is 44.0. The van der Waals surface area contributed by atoms with Crippen LogP contribution in [0.3, 0.4) is 0 Å². The second-order valence-corrected chi connectivity index (χ2v) is 9.45. The van der Waals surface area contributed by atoms with Gasteiger partial charge in [0.1, 0.15) is 0 Å². The smallest absolute Gasteiger partial charge is 0.0797 e. The van der Waals surface area contributed by atoms with Crippen LogP contribution in [0.4, 0.5) is 0 Å². The quantitative estimate of drug-likeness (QED) is 0.739. The van der Waals surface area contributed by atoms with E-state index in [0.717, 1.165) is 19.3 Å². The van der Waals surface area contributed by atoms with Gasteiger partial charge in [-0.2, -0.15) is 0 Å². The Bertz CT molecular complexity index is 421. The van der Waals surface area contributed by atoms with E-state index >= 15 is 0 Å². The van der Waals surface area contributed by atoms with Crippen molar-refractivity contribution in [3.63, 3.8) is 0 Å². The van der Waals surface area contributed by atoms with Crippen LogP contribution in [-0.4, -0.2) is 21.4 Å². The third-order valence-corrected chi connectivity index (χ3v) is 7.14. The number of hydrogen-bond donors (Lipinski definition) is 2. The fourth-order valence-corrected chi connectivity index (χ4v) is 5.80. The molecule has 0 aromatic rings. The van der Waals surface area contributed by atoms with Gasteiger partial charge in [0.2, 0.25) is 0 Å². The molecule has 2 rings (SSSR count). The highest BCUT2D eigenvalue weighted by Gasteiger charge is 2.57. The zero-order valence-electron chi connectivity index (χ0n) is 15.3. The first-order valence-electron chi connectivity index (χ1n) is 9.03. The van der Waals surface area contributed by atoms with Gasteiger partial charge in [-0.15, -0.1) is 6.58 Å². The molecule has 0 spiro atoms. The molecule has 0 aromatic carbocycles. The van der Waals surface area contributed by atoms with Gasteiger partial charge in [-0.25, -0.2) is 0 Å². The van der Waals surface area contributed by atoms with Crippen LogP contribution in [-0.2, 0) is 0 Å². The average Bonchev–Trinajstić information content (AvgIpc) is 2.35. The molecule has 0 unspecified atom stereocenters. The monoisotopic (exact) mass is 308 g/mol. The number of fused-ring (bicyclic) bond motifs is 1. The molecule has 0 aromatic heterocycles. The maximum absolute atomic E-state index is 11.1. The summed E-state index contributed by atoms with van der Waals surface area (Å²) < 4.78 is 0. The lowest BCUT2D eigenvalue weighted by atomic mass is 9.45. The van der Waals surface area contributed by atoms with Crippen LogP contribution in [0.2, 0.25) is 0 Å². The molecule has 2 aliphatic rings. The molecule has 0 saturated heterocycles. The zero-order chi connectivity index (χ0) is 16.8. The maximum atomic E-state index is 11.1. The molecule has 2 heteroatoms. The van der Waals surface area contributed by atoms with Crippen LogP contribution in [0.15, 0.2) is 12.7 Å². The molecule has 0 bridgehead atoms. The molecule has 0 radical (unpaired) electrons. The van der Waals surface area contributed by atoms with Crippen molar-refractivity contribution in [1.29, 1.82) is 0 Å². The molecule has 2 fully saturated rings. The van der Waals surface area contributed by atoms with Crippen molar-refractivity contribution < 1.29 is 10.2 Å². The van der Waals surface area contributed by atoms with E-state index in [4.69, 9.17) is 0 Å². The van der Waals surface area contributed by atoms with Crippen LogP contribution >= 0.6 is 0 Å². The summed E-state index contributed by atoms with van der Waals surface area (Å²) in [4.78, 5) is 0. The van der Waals surface area contributed by atoms with E-state index < -0.39 is 11.2 Å². The topological polar surface area (TPSA) is 40.5 Å². The van der Waals surface area contributed by atoms with Crippen molar-refractivity contribution in [3.05, 3.63) is 12.7 Å². The van der Waals surface area contributed by atoms with Crippen LogP contribution in [0, 0.1) is 22.7 Å². The SMILES string of the molecule is C=C[C@](C)(O)CC[C@@H]1[C@]2(C)CCCC(C)(C)[C@H]2CC[C@@]1(C)O. The minimum Gasteiger partial charge on any atom is -0.390 e. The fourth-order valence-electron chi connectivity index (χ4n) is 5.80. The summed E-state index contributed by atoms with van der Waals surface area (Å²) in [7, 11) is 0. The van der Waals surface area contributed by atoms with Crippen LogP contribution in [0.1, 0.15) is 79.6 Å². The number of rotatable bonds is 4. The minimum absolute atomic E-state index is 0.181. The van der Waals surface area contributed by atoms with Crippen LogP contribution in [0.25, 0.3) is 0 Å². The van der Waals surface area contributed by atoms with E-state index in [9.17, 15) is 10.2 Å². The van der Waals surface area contributed by atoms with E-state index in [1.54, 1.807) is 6.08 Å². The number of hydrogen-bond acceptors (Lipinski definition) is 2. The zero-order valence-corrected chi connectivity index (χ0v) is 15.3. The van der Waals surface area contributed by atoms with Gasteiger partial charge in [0, 0.05) is 0 Å². The van der Waals surface area contributed by atoms with Gasteiger partial charge in [0.25, 0.3) is 0 Å². The summed E-state index contributed by atoms with van der Waals surface area (Å²) in [6.45, 7) is 14.8. The molecular weight excluding hydrogens is 272 g/mol. The van der Waals surface area contributed by atoms with Crippen molar-refractivity contribution in [3.8, 4) is 0 Å². The van der Waals surface area contributed by atoms with Crippen molar-refractivity contribution in [2.75, 3.05) is 0 Å². The van der Waals surface area contributed by atoms with Crippen molar-refractivity contribution >= 4 is 0 Å². The van der Waals surface area contributed by atoms with Crippen LogP contribution < -0.4 is 0 Å². The Morgan fingerprint density at radius 2 is 1.82 bits per heavy atom. The van der Waals surface area contributed by atoms with Gasteiger partial charge in [-0.3, -0.25) is 0 Å². The third kappa shape index (κ3) is 3.14. The molecule has 5 atom stereocenters. The highest BCUT2D eigenvalue weighted by atomic mass is 16.3. The van der Waals surface area contributed by atoms with Gasteiger partial charge in [-0.05, 0) is 75.0 Å². The standard InChI is InChI=1S/C20H36O2/c1-7-18(4,21)13-9-16-19(5)12-8-11-17(2,3)15(19)10-14-20(16,6)22/h7,15-16,21-22H,1,8-14H2,2-6H3/t15-,16-,18+,19-,20-/m1/s1. The Labute approximate surface area is 137 Å². The average molecular weight is 309 g/mol. The minimum atomic E-state index is -0.830. The Balaban J connectivity index is 2.28. The van der Waals surface area contributed by atoms with Gasteiger partial charge < -0.3 is 10.2 Å². The highest BCUT2D eigenvalue weighted by Crippen LogP contribution is 2.63. The fraction of sp³-hybridized carbons (Fsp3) is 0.900. The van der Waals surface area contributed by atoms with Gasteiger partial charge in [-0.1, -0.05) is 33.3 Å². The second-order valence-electron chi connectivity index (χ2n) is 9.45. The Hall–Kier alpha value is -0.340. The van der Waals surface area contributed by atoms with E-state index in [1.165, 1.54) is 19.3 Å². The van der Waals surface area contributed by atoms with E-state index in [0.29, 0.717) is 17.8 Å². The molecular formula is C20H36O2. The molecule has 0 heterocycles. The van der Waals surface area contributed by atoms with E-state index in [-0.39, 0.29) is 11.3 Å². The molecule has 0 amide bonds. The third-order valence-electron chi connectivity index (χ3n) is 7.14. The Morgan fingerprint density at radius 3 is 2.41 bits per heavy atom. The summed E-state index contributed by atoms with van der Waals surface area (Å²) in [6.07, 6.45) is 8.96. The highest BCUT2D eigenvalue weighted by molar-refractivity contribution is 5.08. The molecule has 2 nitrogen and oxygen atoms in total. The van der Waals surface area contributed by atoms with E-state index in [1.807, 2.05) is 13.8 Å². The lowest BCUT2D eigenvalue weighted by molar-refractivity contribution is -0.171. The van der Waals surface area contributed by atoms with Gasteiger partial charge >= 0.3 is 0 Å². The molecule has 0 aliphatic heterocycles. The largest absolute Gasteiger partial charge is 0.390 e. The van der Waals surface area contributed by atoms with E-state index in [2.05, 4.69) is 27.4 Å². The molecule has 22 heavy (non-hydrogen) atoms. The lowest BCUT2D eigenvalue weighted by Crippen LogP contribution is -2.57. The maximum Gasteiger partial charge on any atom is 0.0797 e. The predicted octanol–water partition coefficient (Wildman–Crippen LogP) is 4.70. The van der Waals surface area contributed by atoms with Gasteiger partial charge in [0.05, 0.1) is 11.2 Å². The first-order chi connectivity index (χ1) is 9.95. The van der Waals surface area contributed by atoms with Crippen molar-refractivity contribution in [1.82, 2.24) is 0 Å². The second kappa shape index (κ2) is 5.63. The molecule has 2 aliphatic carbocycles. The van der Waals surface area contributed by atoms with Gasteiger partial charge in [0.15, 0.2) is 0 Å². The van der Waals surface area contributed by atoms with Crippen LogP contribution in [0.5, 0.6) is 0 Å². The summed E-state index contributed by atoms with van der Waals surface area (Å²) >= 11 is 0. The predicted molar refractivity (Wildman–Crippen MR) is 92.6 cm³/mol. The molecule has 2 N–H and O–H groups in total. The summed E-state index contributed by atoms with van der Waals surface area (Å²) in [6, 6.07) is 0. The Morgan fingerprint density at radius 1 is 1.18 bits per heavy atom. The molecule has 128 valence electrons. The number of aliphatic hydroxyl groups is 2. The molecule has 2 saturated carbocycles. The van der Waals surface area contributed by atoms with Crippen molar-refractivity contribution in [2.45, 2.75) is 90.8 Å². The summed E-state index contributed by atoms with van der Waals surface area (Å²) in [5.74, 6) is 0.928. The summed E-state index contributed by atoms with van der Waals surface area (Å²) in [5.41, 5.74) is -0.900.